The Bertz CT molecular complexity index is 402. The summed E-state index contributed by atoms with van der Waals surface area (Å²) >= 11 is 6.90. The number of hydrogen-bond acceptors (Lipinski definition) is 4. The third-order valence-corrected chi connectivity index (χ3v) is 3.23. The van der Waals surface area contributed by atoms with Crippen LogP contribution in [0.5, 0.6) is 0 Å². The van der Waals surface area contributed by atoms with E-state index < -0.39 is 0 Å². The number of halogens is 4. The molecule has 8 heteroatoms. The molecule has 4 N–H and O–H groups in total. The molecule has 0 bridgehead atoms. The molecule has 96 valence electrons. The molecule has 0 aliphatic carbocycles. The SMILES string of the molecule is Cl.Cl.Nc1cc(Br)c(NC2=NCCN2)c(Br)c1. The topological polar surface area (TPSA) is 62.4 Å². The van der Waals surface area contributed by atoms with E-state index >= 15 is 0 Å². The number of anilines is 2. The summed E-state index contributed by atoms with van der Waals surface area (Å²) in [7, 11) is 0. The lowest BCUT2D eigenvalue weighted by atomic mass is 10.3. The molecular formula is C9H12Br2Cl2N4. The van der Waals surface area contributed by atoms with Crippen molar-refractivity contribution in [2.45, 2.75) is 0 Å². The average Bonchev–Trinajstić information content (AvgIpc) is 2.63. The molecule has 2 rings (SSSR count). The zero-order valence-corrected chi connectivity index (χ0v) is 13.5. The van der Waals surface area contributed by atoms with Gasteiger partial charge in [0, 0.05) is 21.2 Å². The highest BCUT2D eigenvalue weighted by Crippen LogP contribution is 2.33. The van der Waals surface area contributed by atoms with Gasteiger partial charge < -0.3 is 16.4 Å². The van der Waals surface area contributed by atoms with Crippen LogP contribution in [-0.2, 0) is 0 Å². The smallest absolute Gasteiger partial charge is 0.195 e. The number of benzene rings is 1. The van der Waals surface area contributed by atoms with Crippen LogP contribution in [0.2, 0.25) is 0 Å². The lowest BCUT2D eigenvalue weighted by Crippen LogP contribution is -2.26. The lowest BCUT2D eigenvalue weighted by Gasteiger charge is -2.11. The van der Waals surface area contributed by atoms with Crippen molar-refractivity contribution in [2.75, 3.05) is 24.1 Å². The molecule has 0 radical (unpaired) electrons. The Morgan fingerprint density at radius 1 is 1.24 bits per heavy atom. The van der Waals surface area contributed by atoms with Crippen LogP contribution in [0.4, 0.5) is 11.4 Å². The van der Waals surface area contributed by atoms with E-state index in [0.717, 1.165) is 33.7 Å². The van der Waals surface area contributed by atoms with E-state index in [4.69, 9.17) is 5.73 Å². The van der Waals surface area contributed by atoms with Crippen molar-refractivity contribution in [2.24, 2.45) is 4.99 Å². The molecule has 1 aliphatic heterocycles. The van der Waals surface area contributed by atoms with Gasteiger partial charge >= 0.3 is 0 Å². The number of rotatable bonds is 1. The largest absolute Gasteiger partial charge is 0.399 e. The van der Waals surface area contributed by atoms with Gasteiger partial charge in [0.1, 0.15) is 0 Å². The number of aliphatic imine (C=N–C) groups is 1. The zero-order valence-electron chi connectivity index (χ0n) is 8.67. The minimum Gasteiger partial charge on any atom is -0.399 e. The van der Waals surface area contributed by atoms with Gasteiger partial charge in [-0.15, -0.1) is 24.8 Å². The fraction of sp³-hybridized carbons (Fsp3) is 0.222. The highest BCUT2D eigenvalue weighted by Gasteiger charge is 2.10. The molecule has 1 aliphatic rings. The number of nitrogen functional groups attached to an aromatic ring is 1. The molecule has 0 spiro atoms. The summed E-state index contributed by atoms with van der Waals surface area (Å²) in [6, 6.07) is 3.70. The predicted molar refractivity (Wildman–Crippen MR) is 84.7 cm³/mol. The quantitative estimate of drug-likeness (QED) is 0.628. The molecule has 1 aromatic carbocycles. The minimum absolute atomic E-state index is 0. The third kappa shape index (κ3) is 4.21. The highest BCUT2D eigenvalue weighted by atomic mass is 79.9. The van der Waals surface area contributed by atoms with E-state index in [0.29, 0.717) is 5.69 Å². The van der Waals surface area contributed by atoms with Gasteiger partial charge in [-0.25, -0.2) is 0 Å². The van der Waals surface area contributed by atoms with E-state index in [1.54, 1.807) is 0 Å². The summed E-state index contributed by atoms with van der Waals surface area (Å²) in [5.41, 5.74) is 7.34. The molecule has 0 saturated heterocycles. The van der Waals surface area contributed by atoms with Gasteiger partial charge in [-0.3, -0.25) is 4.99 Å². The first-order valence-corrected chi connectivity index (χ1v) is 6.05. The van der Waals surface area contributed by atoms with Crippen molar-refractivity contribution in [3.8, 4) is 0 Å². The summed E-state index contributed by atoms with van der Waals surface area (Å²) in [5, 5.41) is 6.33. The van der Waals surface area contributed by atoms with Crippen LogP contribution in [0.25, 0.3) is 0 Å². The first-order valence-electron chi connectivity index (χ1n) is 4.46. The molecule has 1 aromatic rings. The Morgan fingerprint density at radius 3 is 2.29 bits per heavy atom. The van der Waals surface area contributed by atoms with Crippen LogP contribution in [0, 0.1) is 0 Å². The van der Waals surface area contributed by atoms with Crippen LogP contribution < -0.4 is 16.4 Å². The highest BCUT2D eigenvalue weighted by molar-refractivity contribution is 9.11. The second-order valence-corrected chi connectivity index (χ2v) is 4.85. The average molecular weight is 407 g/mol. The molecule has 0 atom stereocenters. The molecular weight excluding hydrogens is 395 g/mol. The maximum Gasteiger partial charge on any atom is 0.195 e. The monoisotopic (exact) mass is 404 g/mol. The fourth-order valence-electron chi connectivity index (χ4n) is 1.31. The number of hydrogen-bond donors (Lipinski definition) is 3. The molecule has 4 nitrogen and oxygen atoms in total. The minimum atomic E-state index is 0. The van der Waals surface area contributed by atoms with Crippen LogP contribution in [0.3, 0.4) is 0 Å². The second kappa shape index (κ2) is 7.31. The molecule has 0 amide bonds. The fourth-order valence-corrected chi connectivity index (χ4v) is 2.73. The van der Waals surface area contributed by atoms with Gasteiger partial charge in [-0.05, 0) is 44.0 Å². The maximum absolute atomic E-state index is 5.70. The number of nitrogens with zero attached hydrogens (tertiary/aromatic N) is 1. The lowest BCUT2D eigenvalue weighted by molar-refractivity contribution is 0.959. The van der Waals surface area contributed by atoms with Gasteiger partial charge in [-0.2, -0.15) is 0 Å². The van der Waals surface area contributed by atoms with E-state index in [-0.39, 0.29) is 24.8 Å². The predicted octanol–water partition coefficient (Wildman–Crippen LogP) is 3.01. The molecule has 0 saturated carbocycles. The molecule has 0 unspecified atom stereocenters. The van der Waals surface area contributed by atoms with Crippen LogP contribution in [-0.4, -0.2) is 19.0 Å². The molecule has 0 fully saturated rings. The normalized spacial score (nSPS) is 12.9. The van der Waals surface area contributed by atoms with E-state index in [1.165, 1.54) is 0 Å². The van der Waals surface area contributed by atoms with E-state index in [1.807, 2.05) is 12.1 Å². The van der Waals surface area contributed by atoms with Crippen LogP contribution >= 0.6 is 56.7 Å². The van der Waals surface area contributed by atoms with E-state index in [2.05, 4.69) is 47.5 Å². The Labute approximate surface area is 129 Å². The standard InChI is InChI=1S/C9H10Br2N4.2ClH/c10-6-3-5(12)4-7(11)8(6)15-9-13-1-2-14-9;;/h3-4H,1-2,12H2,(H2,13,14,15);2*1H. The second-order valence-electron chi connectivity index (χ2n) is 3.14. The van der Waals surface area contributed by atoms with Gasteiger partial charge in [0.25, 0.3) is 0 Å². The van der Waals surface area contributed by atoms with Crippen molar-refractivity contribution >= 4 is 74.0 Å². The summed E-state index contributed by atoms with van der Waals surface area (Å²) in [6.45, 7) is 1.69. The zero-order chi connectivity index (χ0) is 10.8. The number of nitrogens with one attached hydrogen (secondary N) is 2. The maximum atomic E-state index is 5.70. The van der Waals surface area contributed by atoms with Gasteiger partial charge in [-0.1, -0.05) is 0 Å². The van der Waals surface area contributed by atoms with Gasteiger partial charge in [0.05, 0.1) is 12.2 Å². The van der Waals surface area contributed by atoms with Crippen LogP contribution in [0.1, 0.15) is 0 Å². The Kier molecular flexibility index (Phi) is 7.23. The Hall–Kier alpha value is -0.170. The van der Waals surface area contributed by atoms with Gasteiger partial charge in [0.2, 0.25) is 0 Å². The third-order valence-electron chi connectivity index (χ3n) is 1.98. The summed E-state index contributed by atoms with van der Waals surface area (Å²) in [4.78, 5) is 4.26. The van der Waals surface area contributed by atoms with E-state index in [9.17, 15) is 0 Å². The summed E-state index contributed by atoms with van der Waals surface area (Å²) < 4.78 is 1.82. The van der Waals surface area contributed by atoms with Crippen molar-refractivity contribution in [3.05, 3.63) is 21.1 Å². The molecule has 1 heterocycles. The summed E-state index contributed by atoms with van der Waals surface area (Å²) in [5.74, 6) is 0.793. The number of guanidine groups is 1. The Balaban J connectivity index is 0.00000128. The summed E-state index contributed by atoms with van der Waals surface area (Å²) in [6.07, 6.45) is 0. The van der Waals surface area contributed by atoms with Crippen LogP contribution in [0.15, 0.2) is 26.1 Å². The number of nitrogens with two attached hydrogens (primary N) is 1. The van der Waals surface area contributed by atoms with Gasteiger partial charge in [0.15, 0.2) is 5.96 Å². The first kappa shape index (κ1) is 16.8. The first-order chi connectivity index (χ1) is 7.16. The van der Waals surface area contributed by atoms with Crippen molar-refractivity contribution in [1.82, 2.24) is 5.32 Å². The molecule has 0 aromatic heterocycles. The van der Waals surface area contributed by atoms with Crippen molar-refractivity contribution in [1.29, 1.82) is 0 Å². The van der Waals surface area contributed by atoms with Crippen molar-refractivity contribution < 1.29 is 0 Å². The van der Waals surface area contributed by atoms with Crippen molar-refractivity contribution in [3.63, 3.8) is 0 Å². The Morgan fingerprint density at radius 2 is 1.82 bits per heavy atom. The molecule has 17 heavy (non-hydrogen) atoms.